The number of para-hydroxylation sites is 1. The van der Waals surface area contributed by atoms with Crippen molar-refractivity contribution in [2.24, 2.45) is 0 Å². The van der Waals surface area contributed by atoms with Gasteiger partial charge in [-0.25, -0.2) is 4.79 Å². The van der Waals surface area contributed by atoms with Crippen LogP contribution in [0.5, 0.6) is 5.75 Å². The molecule has 0 aliphatic heterocycles. The maximum Gasteiger partial charge on any atom is 0.347 e. The predicted molar refractivity (Wildman–Crippen MR) is 100 cm³/mol. The number of halogens is 1. The molecule has 1 amide bonds. The normalized spacial score (nSPS) is 12.7. The van der Waals surface area contributed by atoms with Crippen LogP contribution in [0.2, 0.25) is 5.02 Å². The summed E-state index contributed by atoms with van der Waals surface area (Å²) in [4.78, 5) is 24.2. The third kappa shape index (κ3) is 6.08. The molecule has 0 heterocycles. The largest absolute Gasteiger partial charge is 0.479 e. The Morgan fingerprint density at radius 1 is 1.12 bits per heavy atom. The Hall–Kier alpha value is -2.53. The molecule has 26 heavy (non-hydrogen) atoms. The maximum atomic E-state index is 12.1. The molecular weight excluding hydrogens is 354 g/mol. The molecule has 0 bridgehead atoms. The summed E-state index contributed by atoms with van der Waals surface area (Å²) in [6, 6.07) is 16.0. The molecule has 0 aromatic heterocycles. The Morgan fingerprint density at radius 3 is 2.50 bits per heavy atom. The number of ether oxygens (including phenoxy) is 2. The average Bonchev–Trinajstić information content (AvgIpc) is 2.65. The molecule has 6 heteroatoms. The van der Waals surface area contributed by atoms with Gasteiger partial charge in [0, 0.05) is 5.02 Å². The first-order valence-electron chi connectivity index (χ1n) is 8.42. The van der Waals surface area contributed by atoms with Gasteiger partial charge in [-0.3, -0.25) is 4.79 Å². The van der Waals surface area contributed by atoms with E-state index in [1.165, 1.54) is 0 Å². The quantitative estimate of drug-likeness (QED) is 0.710. The second-order valence-electron chi connectivity index (χ2n) is 5.78. The zero-order valence-corrected chi connectivity index (χ0v) is 15.5. The van der Waals surface area contributed by atoms with Crippen molar-refractivity contribution in [3.63, 3.8) is 0 Å². The topological polar surface area (TPSA) is 64.6 Å². The van der Waals surface area contributed by atoms with E-state index in [0.717, 1.165) is 5.56 Å². The van der Waals surface area contributed by atoms with E-state index in [1.54, 1.807) is 24.3 Å². The lowest BCUT2D eigenvalue weighted by molar-refractivity contribution is -0.155. The van der Waals surface area contributed by atoms with Gasteiger partial charge in [-0.2, -0.15) is 0 Å². The fourth-order valence-corrected chi connectivity index (χ4v) is 2.53. The Morgan fingerprint density at radius 2 is 1.85 bits per heavy atom. The van der Waals surface area contributed by atoms with Crippen molar-refractivity contribution in [3.05, 3.63) is 65.2 Å². The highest BCUT2D eigenvalue weighted by molar-refractivity contribution is 6.30. The number of carbonyl (C=O) groups is 2. The third-order valence-electron chi connectivity index (χ3n) is 3.73. The molecule has 2 rings (SSSR count). The summed E-state index contributed by atoms with van der Waals surface area (Å²) in [5, 5.41) is 3.37. The second kappa shape index (κ2) is 9.82. The van der Waals surface area contributed by atoms with Gasteiger partial charge in [-0.15, -0.1) is 0 Å². The smallest absolute Gasteiger partial charge is 0.347 e. The van der Waals surface area contributed by atoms with Crippen LogP contribution in [0.3, 0.4) is 0 Å². The molecule has 138 valence electrons. The molecule has 0 fully saturated rings. The van der Waals surface area contributed by atoms with Crippen LogP contribution in [0.15, 0.2) is 54.6 Å². The van der Waals surface area contributed by atoms with Crippen LogP contribution in [-0.2, 0) is 14.3 Å². The molecule has 2 aromatic carbocycles. The van der Waals surface area contributed by atoms with Crippen LogP contribution in [0.25, 0.3) is 0 Å². The fourth-order valence-electron chi connectivity index (χ4n) is 2.33. The Labute approximate surface area is 158 Å². The zero-order chi connectivity index (χ0) is 18.9. The zero-order valence-electron chi connectivity index (χ0n) is 14.8. The van der Waals surface area contributed by atoms with E-state index in [9.17, 15) is 9.59 Å². The summed E-state index contributed by atoms with van der Waals surface area (Å²) < 4.78 is 10.7. The molecule has 5 nitrogen and oxygen atoms in total. The van der Waals surface area contributed by atoms with Crippen LogP contribution < -0.4 is 10.1 Å². The minimum Gasteiger partial charge on any atom is -0.479 e. The van der Waals surface area contributed by atoms with Crippen molar-refractivity contribution in [2.45, 2.75) is 32.4 Å². The van der Waals surface area contributed by atoms with E-state index >= 15 is 0 Å². The molecule has 0 aliphatic rings. The molecule has 0 spiro atoms. The highest BCUT2D eigenvalue weighted by Crippen LogP contribution is 2.17. The van der Waals surface area contributed by atoms with E-state index in [0.29, 0.717) is 17.2 Å². The van der Waals surface area contributed by atoms with Gasteiger partial charge in [0.25, 0.3) is 5.91 Å². The Balaban J connectivity index is 1.82. The van der Waals surface area contributed by atoms with Crippen LogP contribution in [0.1, 0.15) is 31.9 Å². The van der Waals surface area contributed by atoms with Crippen molar-refractivity contribution in [1.82, 2.24) is 5.32 Å². The molecule has 0 radical (unpaired) electrons. The first-order valence-corrected chi connectivity index (χ1v) is 8.80. The molecule has 1 N–H and O–H groups in total. The number of benzene rings is 2. The first kappa shape index (κ1) is 19.8. The first-order chi connectivity index (χ1) is 12.5. The maximum absolute atomic E-state index is 12.1. The van der Waals surface area contributed by atoms with Crippen molar-refractivity contribution in [1.29, 1.82) is 0 Å². The van der Waals surface area contributed by atoms with Gasteiger partial charge in [-0.05, 0) is 43.2 Å². The summed E-state index contributed by atoms with van der Waals surface area (Å²) in [6.07, 6.45) is -0.315. The Kier molecular flexibility index (Phi) is 7.48. The summed E-state index contributed by atoms with van der Waals surface area (Å²) >= 11 is 5.95. The molecule has 2 atom stereocenters. The number of amides is 1. The number of esters is 1. The van der Waals surface area contributed by atoms with Crippen molar-refractivity contribution in [3.8, 4) is 5.75 Å². The van der Waals surface area contributed by atoms with Crippen LogP contribution in [-0.4, -0.2) is 24.6 Å². The molecule has 0 unspecified atom stereocenters. The molecular formula is C20H22ClNO4. The van der Waals surface area contributed by atoms with E-state index < -0.39 is 12.1 Å². The van der Waals surface area contributed by atoms with Gasteiger partial charge in [0.15, 0.2) is 12.7 Å². The minimum atomic E-state index is -0.754. The standard InChI is InChI=1S/C20H22ClNO4/c1-3-18(26-17-10-5-4-6-11-17)20(24)25-13-19(23)22-14(2)15-8-7-9-16(21)12-15/h4-12,14,18H,3,13H2,1-2H3,(H,22,23)/t14-,18+/m1/s1. The van der Waals surface area contributed by atoms with Gasteiger partial charge in [-0.1, -0.05) is 48.9 Å². The minimum absolute atomic E-state index is 0.248. The summed E-state index contributed by atoms with van der Waals surface area (Å²) in [5.41, 5.74) is 0.871. The van der Waals surface area contributed by atoms with Gasteiger partial charge in [0.1, 0.15) is 5.75 Å². The lowest BCUT2D eigenvalue weighted by Gasteiger charge is -2.17. The third-order valence-corrected chi connectivity index (χ3v) is 3.96. The van der Waals surface area contributed by atoms with Gasteiger partial charge >= 0.3 is 5.97 Å². The van der Waals surface area contributed by atoms with E-state index in [4.69, 9.17) is 21.1 Å². The SMILES string of the molecule is CC[C@H](Oc1ccccc1)C(=O)OCC(=O)N[C@H](C)c1cccc(Cl)c1. The Bertz CT molecular complexity index is 736. The number of hydrogen-bond donors (Lipinski definition) is 1. The fraction of sp³-hybridized carbons (Fsp3) is 0.300. The lowest BCUT2D eigenvalue weighted by atomic mass is 10.1. The molecule has 0 saturated heterocycles. The predicted octanol–water partition coefficient (Wildman–Crippen LogP) is 3.92. The van der Waals surface area contributed by atoms with E-state index in [1.807, 2.05) is 44.2 Å². The van der Waals surface area contributed by atoms with Crippen molar-refractivity contribution in [2.75, 3.05) is 6.61 Å². The van der Waals surface area contributed by atoms with Crippen molar-refractivity contribution < 1.29 is 19.1 Å². The summed E-state index contributed by atoms with van der Waals surface area (Å²) in [6.45, 7) is 3.29. The highest BCUT2D eigenvalue weighted by atomic mass is 35.5. The summed E-state index contributed by atoms with van der Waals surface area (Å²) in [5.74, 6) is -0.377. The number of carbonyl (C=O) groups excluding carboxylic acids is 2. The monoisotopic (exact) mass is 375 g/mol. The summed E-state index contributed by atoms with van der Waals surface area (Å²) in [7, 11) is 0. The average molecular weight is 376 g/mol. The van der Waals surface area contributed by atoms with Crippen molar-refractivity contribution >= 4 is 23.5 Å². The number of nitrogens with one attached hydrogen (secondary N) is 1. The van der Waals surface area contributed by atoms with Gasteiger partial charge in [0.05, 0.1) is 6.04 Å². The van der Waals surface area contributed by atoms with Gasteiger partial charge in [0.2, 0.25) is 0 Å². The van der Waals surface area contributed by atoms with Crippen LogP contribution >= 0.6 is 11.6 Å². The number of rotatable bonds is 8. The van der Waals surface area contributed by atoms with Crippen LogP contribution in [0.4, 0.5) is 0 Å². The highest BCUT2D eigenvalue weighted by Gasteiger charge is 2.21. The van der Waals surface area contributed by atoms with E-state index in [2.05, 4.69) is 5.32 Å². The van der Waals surface area contributed by atoms with Crippen LogP contribution in [0, 0.1) is 0 Å². The lowest BCUT2D eigenvalue weighted by Crippen LogP contribution is -2.35. The van der Waals surface area contributed by atoms with E-state index in [-0.39, 0.29) is 18.6 Å². The molecule has 2 aromatic rings. The molecule has 0 aliphatic carbocycles. The second-order valence-corrected chi connectivity index (χ2v) is 6.22. The number of hydrogen-bond acceptors (Lipinski definition) is 4. The van der Waals surface area contributed by atoms with Gasteiger partial charge < -0.3 is 14.8 Å². The molecule has 0 saturated carbocycles.